The Hall–Kier alpha value is -1.72. The summed E-state index contributed by atoms with van der Waals surface area (Å²) < 4.78 is 16.3. The molecule has 2 heterocycles. The molecule has 4 nitrogen and oxygen atoms in total. The highest BCUT2D eigenvalue weighted by molar-refractivity contribution is 5.20. The van der Waals surface area contributed by atoms with Crippen LogP contribution >= 0.6 is 0 Å². The van der Waals surface area contributed by atoms with Crippen molar-refractivity contribution < 1.29 is 4.39 Å². The molecule has 1 aromatic carbocycles. The molecule has 0 N–H and O–H groups in total. The SMILES string of the molecule is CCCN1CCC(C(Cc2ccccc2F)N(C)Cc2cn(C)nc2C)CC1. The van der Waals surface area contributed by atoms with Crippen LogP contribution in [0.5, 0.6) is 0 Å². The molecular weight excluding hydrogens is 351 g/mol. The lowest BCUT2D eigenvalue weighted by Crippen LogP contribution is -2.45. The van der Waals surface area contributed by atoms with Gasteiger partial charge in [-0.05, 0) is 76.8 Å². The van der Waals surface area contributed by atoms with E-state index in [1.807, 2.05) is 23.9 Å². The van der Waals surface area contributed by atoms with Gasteiger partial charge in [0.25, 0.3) is 0 Å². The average Bonchev–Trinajstić information content (AvgIpc) is 2.99. The molecule has 1 atom stereocenters. The monoisotopic (exact) mass is 386 g/mol. The van der Waals surface area contributed by atoms with E-state index in [0.717, 1.165) is 37.3 Å². The third kappa shape index (κ3) is 5.21. The molecule has 1 unspecified atom stereocenters. The van der Waals surface area contributed by atoms with Gasteiger partial charge < -0.3 is 4.90 Å². The van der Waals surface area contributed by atoms with E-state index in [2.05, 4.69) is 42.0 Å². The van der Waals surface area contributed by atoms with E-state index in [9.17, 15) is 4.39 Å². The topological polar surface area (TPSA) is 24.3 Å². The van der Waals surface area contributed by atoms with Crippen LogP contribution in [0.4, 0.5) is 4.39 Å². The number of piperidine rings is 1. The van der Waals surface area contributed by atoms with Crippen LogP contribution in [0, 0.1) is 18.7 Å². The van der Waals surface area contributed by atoms with Crippen LogP contribution < -0.4 is 0 Å². The van der Waals surface area contributed by atoms with Gasteiger partial charge in [0.1, 0.15) is 5.82 Å². The fraction of sp³-hybridized carbons (Fsp3) is 0.609. The van der Waals surface area contributed by atoms with Crippen molar-refractivity contribution in [2.75, 3.05) is 26.7 Å². The van der Waals surface area contributed by atoms with Crippen molar-refractivity contribution in [3.8, 4) is 0 Å². The normalized spacial score (nSPS) is 17.4. The maximum atomic E-state index is 14.4. The lowest BCUT2D eigenvalue weighted by Gasteiger charge is -2.40. The van der Waals surface area contributed by atoms with Gasteiger partial charge in [-0.25, -0.2) is 4.39 Å². The second kappa shape index (κ2) is 9.66. The summed E-state index contributed by atoms with van der Waals surface area (Å²) in [5, 5.41) is 4.49. The molecule has 0 saturated carbocycles. The first kappa shape index (κ1) is 21.0. The zero-order valence-electron chi connectivity index (χ0n) is 17.9. The number of halogens is 1. The molecule has 1 saturated heterocycles. The molecule has 2 aromatic rings. The van der Waals surface area contributed by atoms with Gasteiger partial charge in [0, 0.05) is 31.4 Å². The molecule has 1 aliphatic heterocycles. The number of aromatic nitrogens is 2. The number of likely N-dealkylation sites (N-methyl/N-ethyl adjacent to an activating group) is 1. The standard InChI is InChI=1S/C23H35FN4/c1-5-12-28-13-10-19(11-14-28)23(15-20-8-6-7-9-22(20)24)26(3)16-21-17-27(4)25-18(21)2/h6-9,17,19,23H,5,10-16H2,1-4H3. The van der Waals surface area contributed by atoms with E-state index >= 15 is 0 Å². The Morgan fingerprint density at radius 3 is 2.54 bits per heavy atom. The summed E-state index contributed by atoms with van der Waals surface area (Å²) in [4.78, 5) is 5.00. The zero-order chi connectivity index (χ0) is 20.1. The van der Waals surface area contributed by atoms with E-state index in [4.69, 9.17) is 0 Å². The fourth-order valence-corrected chi connectivity index (χ4v) is 4.64. The minimum absolute atomic E-state index is 0.0816. The van der Waals surface area contributed by atoms with Gasteiger partial charge in [0.15, 0.2) is 0 Å². The molecule has 5 heteroatoms. The van der Waals surface area contributed by atoms with E-state index < -0.39 is 0 Å². The molecule has 1 aromatic heterocycles. The first-order chi connectivity index (χ1) is 13.5. The highest BCUT2D eigenvalue weighted by Crippen LogP contribution is 2.28. The Morgan fingerprint density at radius 1 is 1.21 bits per heavy atom. The van der Waals surface area contributed by atoms with Crippen LogP contribution in [0.2, 0.25) is 0 Å². The first-order valence-corrected chi connectivity index (χ1v) is 10.6. The molecule has 1 fully saturated rings. The molecule has 0 amide bonds. The Balaban J connectivity index is 1.76. The summed E-state index contributed by atoms with van der Waals surface area (Å²) in [5.74, 6) is 0.511. The highest BCUT2D eigenvalue weighted by atomic mass is 19.1. The fourth-order valence-electron chi connectivity index (χ4n) is 4.64. The summed E-state index contributed by atoms with van der Waals surface area (Å²) in [6.07, 6.45) is 6.46. The van der Waals surface area contributed by atoms with Crippen LogP contribution in [-0.4, -0.2) is 52.3 Å². The van der Waals surface area contributed by atoms with Gasteiger partial charge >= 0.3 is 0 Å². The van der Waals surface area contributed by atoms with E-state index in [1.165, 1.54) is 31.4 Å². The molecule has 0 spiro atoms. The van der Waals surface area contributed by atoms with Crippen molar-refractivity contribution in [3.63, 3.8) is 0 Å². The van der Waals surface area contributed by atoms with E-state index in [0.29, 0.717) is 12.0 Å². The molecular formula is C23H35FN4. The van der Waals surface area contributed by atoms with Gasteiger partial charge in [-0.15, -0.1) is 0 Å². The number of likely N-dealkylation sites (tertiary alicyclic amines) is 1. The van der Waals surface area contributed by atoms with E-state index in [-0.39, 0.29) is 5.82 Å². The number of rotatable bonds is 8. The first-order valence-electron chi connectivity index (χ1n) is 10.6. The minimum Gasteiger partial charge on any atom is -0.303 e. The number of hydrogen-bond acceptors (Lipinski definition) is 3. The molecule has 154 valence electrons. The lowest BCUT2D eigenvalue weighted by molar-refractivity contribution is 0.0980. The van der Waals surface area contributed by atoms with Crippen molar-refractivity contribution in [3.05, 3.63) is 53.1 Å². The van der Waals surface area contributed by atoms with Gasteiger partial charge in [-0.1, -0.05) is 25.1 Å². The van der Waals surface area contributed by atoms with Crippen LogP contribution in [0.25, 0.3) is 0 Å². The number of hydrogen-bond donors (Lipinski definition) is 0. The number of benzene rings is 1. The molecule has 3 rings (SSSR count). The summed E-state index contributed by atoms with van der Waals surface area (Å²) in [6.45, 7) is 8.68. The van der Waals surface area contributed by atoms with Crippen LogP contribution in [0.15, 0.2) is 30.5 Å². The summed E-state index contributed by atoms with van der Waals surface area (Å²) in [5.41, 5.74) is 3.17. The third-order valence-corrected chi connectivity index (χ3v) is 6.20. The number of aryl methyl sites for hydroxylation is 2. The highest BCUT2D eigenvalue weighted by Gasteiger charge is 2.30. The van der Waals surface area contributed by atoms with Crippen molar-refractivity contribution >= 4 is 0 Å². The van der Waals surface area contributed by atoms with Gasteiger partial charge in [0.2, 0.25) is 0 Å². The smallest absolute Gasteiger partial charge is 0.126 e. The molecule has 28 heavy (non-hydrogen) atoms. The second-order valence-electron chi connectivity index (χ2n) is 8.37. The average molecular weight is 387 g/mol. The summed E-state index contributed by atoms with van der Waals surface area (Å²) >= 11 is 0. The molecule has 0 aliphatic carbocycles. The Morgan fingerprint density at radius 2 is 1.93 bits per heavy atom. The molecule has 1 aliphatic rings. The van der Waals surface area contributed by atoms with Crippen molar-refractivity contribution in [1.29, 1.82) is 0 Å². The van der Waals surface area contributed by atoms with Crippen LogP contribution in [0.3, 0.4) is 0 Å². The van der Waals surface area contributed by atoms with Crippen molar-refractivity contribution in [2.45, 2.75) is 52.1 Å². The van der Waals surface area contributed by atoms with Crippen molar-refractivity contribution in [1.82, 2.24) is 19.6 Å². The molecule has 0 bridgehead atoms. The maximum Gasteiger partial charge on any atom is 0.126 e. The minimum atomic E-state index is -0.0816. The quantitative estimate of drug-likeness (QED) is 0.684. The predicted octanol–water partition coefficient (Wildman–Crippen LogP) is 4.03. The van der Waals surface area contributed by atoms with Crippen molar-refractivity contribution in [2.24, 2.45) is 13.0 Å². The van der Waals surface area contributed by atoms with Crippen LogP contribution in [-0.2, 0) is 20.0 Å². The summed E-state index contributed by atoms with van der Waals surface area (Å²) in [6, 6.07) is 7.59. The van der Waals surface area contributed by atoms with E-state index in [1.54, 1.807) is 12.1 Å². The zero-order valence-corrected chi connectivity index (χ0v) is 17.9. The van der Waals surface area contributed by atoms with Gasteiger partial charge in [-0.2, -0.15) is 5.10 Å². The third-order valence-electron chi connectivity index (χ3n) is 6.20. The van der Waals surface area contributed by atoms with Gasteiger partial charge in [0.05, 0.1) is 5.69 Å². The Bertz CT molecular complexity index is 749. The summed E-state index contributed by atoms with van der Waals surface area (Å²) in [7, 11) is 4.16. The Kier molecular flexibility index (Phi) is 7.24. The molecule has 0 radical (unpaired) electrons. The number of nitrogens with zero attached hydrogens (tertiary/aromatic N) is 4. The Labute approximate surface area is 169 Å². The largest absolute Gasteiger partial charge is 0.303 e. The maximum absolute atomic E-state index is 14.4. The van der Waals surface area contributed by atoms with Crippen LogP contribution in [0.1, 0.15) is 43.0 Å². The lowest BCUT2D eigenvalue weighted by atomic mass is 9.84. The predicted molar refractivity (Wildman–Crippen MR) is 113 cm³/mol. The second-order valence-corrected chi connectivity index (χ2v) is 8.37. The van der Waals surface area contributed by atoms with Gasteiger partial charge in [-0.3, -0.25) is 9.58 Å².